The van der Waals surface area contributed by atoms with Crippen molar-refractivity contribution in [2.45, 2.75) is 16.6 Å². The minimum atomic E-state index is -3.79. The van der Waals surface area contributed by atoms with E-state index in [1.54, 1.807) is 22.8 Å². The van der Waals surface area contributed by atoms with E-state index in [0.717, 1.165) is 11.8 Å². The summed E-state index contributed by atoms with van der Waals surface area (Å²) < 4.78 is 37.8. The normalized spacial score (nSPS) is 11.3. The molecule has 1 aromatic heterocycles. The number of anilines is 1. The predicted molar refractivity (Wildman–Crippen MR) is 113 cm³/mol. The van der Waals surface area contributed by atoms with Crippen molar-refractivity contribution < 1.29 is 17.6 Å². The zero-order chi connectivity index (χ0) is 21.7. The van der Waals surface area contributed by atoms with E-state index in [2.05, 4.69) is 22.1 Å². The van der Waals surface area contributed by atoms with E-state index in [4.69, 9.17) is 5.14 Å². The van der Waals surface area contributed by atoms with Crippen LogP contribution < -0.4 is 10.5 Å². The number of carbonyl (C=O) groups is 1. The van der Waals surface area contributed by atoms with E-state index in [1.807, 2.05) is 0 Å². The molecule has 0 aliphatic rings. The molecule has 0 fully saturated rings. The van der Waals surface area contributed by atoms with E-state index in [1.165, 1.54) is 36.4 Å². The Bertz CT molecular complexity index is 1180. The molecule has 3 rings (SSSR count). The van der Waals surface area contributed by atoms with Gasteiger partial charge >= 0.3 is 0 Å². The van der Waals surface area contributed by atoms with Gasteiger partial charge in [0.1, 0.15) is 5.82 Å². The van der Waals surface area contributed by atoms with Gasteiger partial charge in [-0.25, -0.2) is 17.9 Å². The number of rotatable bonds is 8. The summed E-state index contributed by atoms with van der Waals surface area (Å²) in [6, 6.07) is 11.5. The third-order valence-electron chi connectivity index (χ3n) is 3.91. The topological polar surface area (TPSA) is 120 Å². The van der Waals surface area contributed by atoms with Crippen molar-refractivity contribution in [1.82, 2.24) is 14.8 Å². The van der Waals surface area contributed by atoms with Crippen molar-refractivity contribution >= 4 is 33.4 Å². The first-order valence-corrected chi connectivity index (χ1v) is 11.2. The van der Waals surface area contributed by atoms with Crippen LogP contribution in [0.25, 0.3) is 11.4 Å². The number of hydrogen-bond donors (Lipinski definition) is 2. The lowest BCUT2D eigenvalue weighted by molar-refractivity contribution is -0.113. The predicted octanol–water partition coefficient (Wildman–Crippen LogP) is 2.65. The average Bonchev–Trinajstić information content (AvgIpc) is 3.09. The maximum Gasteiger partial charge on any atom is 0.238 e. The largest absolute Gasteiger partial charge is 0.325 e. The van der Waals surface area contributed by atoms with Gasteiger partial charge in [0.25, 0.3) is 0 Å². The molecule has 30 heavy (non-hydrogen) atoms. The summed E-state index contributed by atoms with van der Waals surface area (Å²) >= 11 is 1.16. The van der Waals surface area contributed by atoms with Gasteiger partial charge in [0.2, 0.25) is 15.9 Å². The van der Waals surface area contributed by atoms with Gasteiger partial charge < -0.3 is 5.32 Å². The lowest BCUT2D eigenvalue weighted by Crippen LogP contribution is -2.15. The van der Waals surface area contributed by atoms with Crippen molar-refractivity contribution in [3.05, 3.63) is 67.0 Å². The first-order valence-electron chi connectivity index (χ1n) is 8.63. The highest BCUT2D eigenvalue weighted by Crippen LogP contribution is 2.25. The Hall–Kier alpha value is -3.02. The summed E-state index contributed by atoms with van der Waals surface area (Å²) in [6.07, 6.45) is 1.66. The molecular formula is C19H18FN5O3S2. The number of hydrogen-bond acceptors (Lipinski definition) is 6. The number of thioether (sulfide) groups is 1. The number of nitrogens with one attached hydrogen (secondary N) is 1. The zero-order valence-electron chi connectivity index (χ0n) is 15.7. The minimum absolute atomic E-state index is 0.0371. The fraction of sp³-hybridized carbons (Fsp3) is 0.105. The molecule has 11 heteroatoms. The van der Waals surface area contributed by atoms with Crippen LogP contribution in [0.4, 0.5) is 10.1 Å². The molecule has 0 atom stereocenters. The molecule has 0 radical (unpaired) electrons. The number of amides is 1. The lowest BCUT2D eigenvalue weighted by Gasteiger charge is -2.08. The smallest absolute Gasteiger partial charge is 0.238 e. The van der Waals surface area contributed by atoms with E-state index < -0.39 is 10.0 Å². The summed E-state index contributed by atoms with van der Waals surface area (Å²) in [5, 5.41) is 16.4. The number of halogens is 1. The van der Waals surface area contributed by atoms with Gasteiger partial charge in [-0.2, -0.15) is 0 Å². The number of allylic oxidation sites excluding steroid dienone is 1. The average molecular weight is 448 g/mol. The van der Waals surface area contributed by atoms with Crippen molar-refractivity contribution in [3.8, 4) is 11.4 Å². The SMILES string of the molecule is C=CCn1c(SCC(=O)Nc2ccc(S(N)(=O)=O)cc2)nnc1-c1cccc(F)c1. The summed E-state index contributed by atoms with van der Waals surface area (Å²) in [6.45, 7) is 4.10. The van der Waals surface area contributed by atoms with Crippen LogP contribution in [-0.2, 0) is 21.4 Å². The fourth-order valence-electron chi connectivity index (χ4n) is 2.59. The number of nitrogens with two attached hydrogens (primary N) is 1. The molecule has 1 amide bonds. The van der Waals surface area contributed by atoms with Gasteiger partial charge in [-0.3, -0.25) is 9.36 Å². The standard InChI is InChI=1S/C19H18FN5O3S2/c1-2-10-25-18(13-4-3-5-14(20)11-13)23-24-19(25)29-12-17(26)22-15-6-8-16(9-7-15)30(21,27)28/h2-9,11H,1,10,12H2,(H,22,26)(H2,21,27,28). The third-order valence-corrected chi connectivity index (χ3v) is 5.81. The van der Waals surface area contributed by atoms with Gasteiger partial charge in [0.05, 0.1) is 10.6 Å². The Kier molecular flexibility index (Phi) is 6.65. The highest BCUT2D eigenvalue weighted by Gasteiger charge is 2.16. The van der Waals surface area contributed by atoms with Crippen LogP contribution in [0.5, 0.6) is 0 Å². The van der Waals surface area contributed by atoms with E-state index in [9.17, 15) is 17.6 Å². The highest BCUT2D eigenvalue weighted by atomic mass is 32.2. The molecule has 0 unspecified atom stereocenters. The number of nitrogens with zero attached hydrogens (tertiary/aromatic N) is 3. The Balaban J connectivity index is 1.69. The Morgan fingerprint density at radius 3 is 2.60 bits per heavy atom. The number of primary sulfonamides is 1. The van der Waals surface area contributed by atoms with Crippen molar-refractivity contribution in [2.75, 3.05) is 11.1 Å². The van der Waals surface area contributed by atoms with E-state index in [-0.39, 0.29) is 22.4 Å². The van der Waals surface area contributed by atoms with Crippen molar-refractivity contribution in [3.63, 3.8) is 0 Å². The van der Waals surface area contributed by atoms with Gasteiger partial charge in [-0.15, -0.1) is 16.8 Å². The molecule has 8 nitrogen and oxygen atoms in total. The number of aromatic nitrogens is 3. The molecule has 0 spiro atoms. The van der Waals surface area contributed by atoms with E-state index in [0.29, 0.717) is 28.8 Å². The van der Waals surface area contributed by atoms with Crippen LogP contribution in [0.15, 0.2) is 71.2 Å². The van der Waals surface area contributed by atoms with Crippen LogP contribution >= 0.6 is 11.8 Å². The molecule has 0 aliphatic heterocycles. The molecule has 156 valence electrons. The number of sulfonamides is 1. The maximum atomic E-state index is 13.6. The molecule has 2 aromatic carbocycles. The molecule has 3 aromatic rings. The summed E-state index contributed by atoms with van der Waals surface area (Å²) in [4.78, 5) is 12.2. The van der Waals surface area contributed by atoms with Crippen LogP contribution in [0.2, 0.25) is 0 Å². The number of benzene rings is 2. The molecule has 3 N–H and O–H groups in total. The second-order valence-electron chi connectivity index (χ2n) is 6.12. The van der Waals surface area contributed by atoms with Gasteiger partial charge in [-0.1, -0.05) is 30.0 Å². The Labute approximate surface area is 177 Å². The van der Waals surface area contributed by atoms with Crippen LogP contribution in [0, 0.1) is 5.82 Å². The first kappa shape index (κ1) is 21.7. The fourth-order valence-corrected chi connectivity index (χ4v) is 3.85. The quantitative estimate of drug-likeness (QED) is 0.405. The van der Waals surface area contributed by atoms with Gasteiger partial charge in [0, 0.05) is 17.8 Å². The molecule has 1 heterocycles. The summed E-state index contributed by atoms with van der Waals surface area (Å²) in [5.41, 5.74) is 0.997. The maximum absolute atomic E-state index is 13.6. The zero-order valence-corrected chi connectivity index (χ0v) is 17.3. The Morgan fingerprint density at radius 1 is 1.23 bits per heavy atom. The van der Waals surface area contributed by atoms with E-state index >= 15 is 0 Å². The molecule has 0 saturated heterocycles. The lowest BCUT2D eigenvalue weighted by atomic mass is 10.2. The molecule has 0 saturated carbocycles. The van der Waals surface area contributed by atoms with Crippen LogP contribution in [-0.4, -0.2) is 34.8 Å². The monoisotopic (exact) mass is 447 g/mol. The summed E-state index contributed by atoms with van der Waals surface area (Å²) in [7, 11) is -3.79. The minimum Gasteiger partial charge on any atom is -0.325 e. The second-order valence-corrected chi connectivity index (χ2v) is 8.63. The van der Waals surface area contributed by atoms with Gasteiger partial charge in [0.15, 0.2) is 11.0 Å². The third kappa shape index (κ3) is 5.32. The van der Waals surface area contributed by atoms with Crippen molar-refractivity contribution in [1.29, 1.82) is 0 Å². The first-order chi connectivity index (χ1) is 14.3. The Morgan fingerprint density at radius 2 is 1.97 bits per heavy atom. The highest BCUT2D eigenvalue weighted by molar-refractivity contribution is 7.99. The van der Waals surface area contributed by atoms with Crippen molar-refractivity contribution in [2.24, 2.45) is 5.14 Å². The summed E-state index contributed by atoms with van der Waals surface area (Å²) in [5.74, 6) is -0.197. The molecule has 0 bridgehead atoms. The second kappa shape index (κ2) is 9.20. The number of carbonyl (C=O) groups excluding carboxylic acids is 1. The molecule has 0 aliphatic carbocycles. The van der Waals surface area contributed by atoms with Crippen LogP contribution in [0.1, 0.15) is 0 Å². The van der Waals surface area contributed by atoms with Crippen LogP contribution in [0.3, 0.4) is 0 Å². The van der Waals surface area contributed by atoms with Gasteiger partial charge in [-0.05, 0) is 36.4 Å². The molecular weight excluding hydrogens is 429 g/mol.